The number of hydrogen-bond acceptors (Lipinski definition) is 7. The van der Waals surface area contributed by atoms with Crippen LogP contribution in [0.3, 0.4) is 0 Å². The minimum Gasteiger partial charge on any atom is -0.481 e. The lowest BCUT2D eigenvalue weighted by Gasteiger charge is -2.07. The van der Waals surface area contributed by atoms with Gasteiger partial charge < -0.3 is 19.4 Å². The number of nitrogens with zero attached hydrogens (tertiary/aromatic N) is 3. The Kier molecular flexibility index (Phi) is 4.33. The van der Waals surface area contributed by atoms with Gasteiger partial charge in [0.25, 0.3) is 0 Å². The van der Waals surface area contributed by atoms with Gasteiger partial charge in [-0.3, -0.25) is 0 Å². The first-order valence-corrected chi connectivity index (χ1v) is 5.67. The van der Waals surface area contributed by atoms with E-state index in [2.05, 4.69) is 15.1 Å². The van der Waals surface area contributed by atoms with Crippen molar-refractivity contribution in [1.82, 2.24) is 9.97 Å². The maximum atomic E-state index is 8.43. The average molecular weight is 275 g/mol. The van der Waals surface area contributed by atoms with Gasteiger partial charge in [-0.1, -0.05) is 5.16 Å². The molecule has 0 aliphatic carbocycles. The molecule has 0 amide bonds. The van der Waals surface area contributed by atoms with E-state index in [1.165, 1.54) is 20.4 Å². The van der Waals surface area contributed by atoms with E-state index in [0.717, 1.165) is 5.56 Å². The van der Waals surface area contributed by atoms with Crippen LogP contribution in [0.2, 0.25) is 0 Å². The predicted octanol–water partition coefficient (Wildman–Crippen LogP) is 2.09. The van der Waals surface area contributed by atoms with Gasteiger partial charge in [-0.25, -0.2) is 0 Å². The molecule has 0 fully saturated rings. The second-order valence-electron chi connectivity index (χ2n) is 3.65. The lowest BCUT2D eigenvalue weighted by molar-refractivity contribution is 0.322. The number of hydrogen-bond donors (Lipinski definition) is 1. The van der Waals surface area contributed by atoms with Gasteiger partial charge in [0.05, 0.1) is 26.5 Å². The van der Waals surface area contributed by atoms with Crippen molar-refractivity contribution < 1.29 is 19.4 Å². The lowest BCUT2D eigenvalue weighted by Crippen LogP contribution is -1.98. The van der Waals surface area contributed by atoms with Crippen molar-refractivity contribution in [2.45, 2.75) is 0 Å². The topological polar surface area (TPSA) is 86.1 Å². The highest BCUT2D eigenvalue weighted by molar-refractivity contribution is 5.79. The molecule has 0 atom stereocenters. The Hall–Kier alpha value is -2.83. The molecule has 0 bridgehead atoms. The highest BCUT2D eigenvalue weighted by Crippen LogP contribution is 2.23. The summed E-state index contributed by atoms with van der Waals surface area (Å²) < 4.78 is 15.6. The van der Waals surface area contributed by atoms with Crippen molar-refractivity contribution in [2.24, 2.45) is 5.16 Å². The fourth-order valence-corrected chi connectivity index (χ4v) is 1.43. The molecule has 7 heteroatoms. The quantitative estimate of drug-likeness (QED) is 0.511. The number of ether oxygens (including phenoxy) is 3. The summed E-state index contributed by atoms with van der Waals surface area (Å²) in [5.74, 6) is 1.22. The molecule has 0 saturated heterocycles. The smallest absolute Gasteiger partial charge is 0.328 e. The van der Waals surface area contributed by atoms with Crippen molar-refractivity contribution in [3.8, 4) is 23.5 Å². The van der Waals surface area contributed by atoms with Crippen LogP contribution < -0.4 is 14.2 Å². The van der Waals surface area contributed by atoms with E-state index in [0.29, 0.717) is 17.5 Å². The Morgan fingerprint density at radius 3 is 2.15 bits per heavy atom. The van der Waals surface area contributed by atoms with Gasteiger partial charge in [0.1, 0.15) is 5.75 Å². The van der Waals surface area contributed by atoms with Crippen molar-refractivity contribution >= 4 is 6.21 Å². The van der Waals surface area contributed by atoms with Crippen LogP contribution in [0.1, 0.15) is 5.56 Å². The summed E-state index contributed by atoms with van der Waals surface area (Å²) in [6, 6.07) is 8.52. The average Bonchev–Trinajstić information content (AvgIpc) is 2.49. The van der Waals surface area contributed by atoms with Crippen LogP contribution in [0.15, 0.2) is 35.5 Å². The largest absolute Gasteiger partial charge is 0.481 e. The molecule has 2 aromatic rings. The zero-order chi connectivity index (χ0) is 14.4. The Balaban J connectivity index is 2.20. The minimum absolute atomic E-state index is 0.116. The molecule has 104 valence electrons. The Morgan fingerprint density at radius 1 is 1.05 bits per heavy atom. The Labute approximate surface area is 115 Å². The molecule has 0 aliphatic heterocycles. The van der Waals surface area contributed by atoms with Crippen LogP contribution in [0.25, 0.3) is 0 Å². The van der Waals surface area contributed by atoms with E-state index in [4.69, 9.17) is 19.4 Å². The second kappa shape index (κ2) is 6.37. The number of methoxy groups -OCH3 is 2. The van der Waals surface area contributed by atoms with E-state index in [1.54, 1.807) is 30.3 Å². The molecule has 1 N–H and O–H groups in total. The number of aromatic nitrogens is 2. The van der Waals surface area contributed by atoms with Crippen molar-refractivity contribution in [2.75, 3.05) is 14.2 Å². The van der Waals surface area contributed by atoms with Crippen molar-refractivity contribution in [3.05, 3.63) is 35.9 Å². The first-order chi connectivity index (χ1) is 9.75. The highest BCUT2D eigenvalue weighted by Gasteiger charge is 2.07. The zero-order valence-electron chi connectivity index (χ0n) is 11.0. The Morgan fingerprint density at radius 2 is 1.65 bits per heavy atom. The van der Waals surface area contributed by atoms with Gasteiger partial charge in [-0.05, 0) is 29.8 Å². The van der Waals surface area contributed by atoms with Gasteiger partial charge >= 0.3 is 6.01 Å². The van der Waals surface area contributed by atoms with Crippen LogP contribution in [-0.4, -0.2) is 35.6 Å². The standard InChI is InChI=1S/C13H13N3O4/c1-18-11-7-12(19-2)16-13(15-11)20-10-5-3-9(4-6-10)8-14-17/h3-8,17H,1-2H3. The van der Waals surface area contributed by atoms with Gasteiger partial charge in [0.2, 0.25) is 11.8 Å². The molecule has 0 saturated carbocycles. The summed E-state index contributed by atoms with van der Waals surface area (Å²) >= 11 is 0. The molecule has 1 aromatic heterocycles. The molecule has 7 nitrogen and oxygen atoms in total. The molecule has 0 unspecified atom stereocenters. The van der Waals surface area contributed by atoms with E-state index in [9.17, 15) is 0 Å². The van der Waals surface area contributed by atoms with Gasteiger partial charge in [0.15, 0.2) is 0 Å². The van der Waals surface area contributed by atoms with Crippen LogP contribution in [-0.2, 0) is 0 Å². The molecule has 20 heavy (non-hydrogen) atoms. The van der Waals surface area contributed by atoms with Crippen molar-refractivity contribution in [3.63, 3.8) is 0 Å². The fraction of sp³-hybridized carbons (Fsp3) is 0.154. The van der Waals surface area contributed by atoms with E-state index >= 15 is 0 Å². The normalized spacial score (nSPS) is 10.5. The first kappa shape index (κ1) is 13.6. The minimum atomic E-state index is 0.116. The van der Waals surface area contributed by atoms with Crippen molar-refractivity contribution in [1.29, 1.82) is 0 Å². The number of rotatable bonds is 5. The highest BCUT2D eigenvalue weighted by atomic mass is 16.5. The fourth-order valence-electron chi connectivity index (χ4n) is 1.43. The SMILES string of the molecule is COc1cc(OC)nc(Oc2ccc(C=NO)cc2)n1. The molecule has 2 rings (SSSR count). The van der Waals surface area contributed by atoms with E-state index in [1.807, 2.05) is 0 Å². The summed E-state index contributed by atoms with van der Waals surface area (Å²) in [5.41, 5.74) is 0.740. The maximum absolute atomic E-state index is 8.43. The number of benzene rings is 1. The third-order valence-corrected chi connectivity index (χ3v) is 2.37. The number of oxime groups is 1. The molecule has 0 radical (unpaired) electrons. The molecule has 1 aromatic carbocycles. The Bertz CT molecular complexity index is 577. The first-order valence-electron chi connectivity index (χ1n) is 5.67. The van der Waals surface area contributed by atoms with Crippen LogP contribution in [0.4, 0.5) is 0 Å². The van der Waals surface area contributed by atoms with E-state index < -0.39 is 0 Å². The summed E-state index contributed by atoms with van der Waals surface area (Å²) in [7, 11) is 2.99. The van der Waals surface area contributed by atoms with E-state index in [-0.39, 0.29) is 6.01 Å². The molecule has 0 aliphatic rings. The second-order valence-corrected chi connectivity index (χ2v) is 3.65. The summed E-state index contributed by atoms with van der Waals surface area (Å²) in [6.45, 7) is 0. The summed E-state index contributed by atoms with van der Waals surface area (Å²) in [5, 5.41) is 11.4. The molecular weight excluding hydrogens is 262 g/mol. The maximum Gasteiger partial charge on any atom is 0.328 e. The third kappa shape index (κ3) is 3.35. The van der Waals surface area contributed by atoms with Crippen LogP contribution >= 0.6 is 0 Å². The van der Waals surface area contributed by atoms with Crippen LogP contribution in [0, 0.1) is 0 Å². The third-order valence-electron chi connectivity index (χ3n) is 2.37. The lowest BCUT2D eigenvalue weighted by atomic mass is 10.2. The van der Waals surface area contributed by atoms with Crippen LogP contribution in [0.5, 0.6) is 23.5 Å². The summed E-state index contributed by atoms with van der Waals surface area (Å²) in [6.07, 6.45) is 1.31. The predicted molar refractivity (Wildman–Crippen MR) is 71.0 cm³/mol. The molecule has 0 spiro atoms. The zero-order valence-corrected chi connectivity index (χ0v) is 11.0. The summed E-state index contributed by atoms with van der Waals surface area (Å²) in [4.78, 5) is 8.10. The van der Waals surface area contributed by atoms with Gasteiger partial charge in [-0.2, -0.15) is 9.97 Å². The van der Waals surface area contributed by atoms with Gasteiger partial charge in [-0.15, -0.1) is 0 Å². The molecule has 1 heterocycles. The molecular formula is C13H13N3O4. The monoisotopic (exact) mass is 275 g/mol. The van der Waals surface area contributed by atoms with Gasteiger partial charge in [0, 0.05) is 0 Å².